The number of benzene rings is 3. The number of amides is 1. The summed E-state index contributed by atoms with van der Waals surface area (Å²) in [6.45, 7) is 13.2. The van der Waals surface area contributed by atoms with Crippen LogP contribution in [0.15, 0.2) is 71.6 Å². The normalized spacial score (nSPS) is 11.9. The van der Waals surface area contributed by atoms with Gasteiger partial charge in [-0.05, 0) is 94.0 Å². The van der Waals surface area contributed by atoms with Gasteiger partial charge in [0.15, 0.2) is 11.8 Å². The van der Waals surface area contributed by atoms with E-state index in [1.165, 1.54) is 140 Å². The van der Waals surface area contributed by atoms with Crippen LogP contribution in [0.3, 0.4) is 0 Å². The first-order valence-corrected chi connectivity index (χ1v) is 36.7. The van der Waals surface area contributed by atoms with Gasteiger partial charge in [0.1, 0.15) is 19.0 Å². The average molecular weight is 1320 g/mol. The lowest BCUT2D eigenvalue weighted by atomic mass is 9.78. The Kier molecular flexibility index (Phi) is 37.4. The third-order valence-corrected chi connectivity index (χ3v) is 18.5. The second-order valence-electron chi connectivity index (χ2n) is 26.3. The number of nitrogens with one attached hydrogen (secondary N) is 1. The van der Waals surface area contributed by atoms with Crippen molar-refractivity contribution < 1.29 is 64.5 Å². The number of hydrogen-bond donors (Lipinski definition) is 1. The van der Waals surface area contributed by atoms with Crippen LogP contribution >= 0.6 is 0 Å². The molecular formula is C75H112F3N3O11S. The SMILES string of the molecule is CCCCCCCCCCCCCCCC(=O)OCC(COC(=O)CCCCCCCCCCCCCCC)OC(=O)CCCCCCCCC(=O)Oc1cc(C)cc(C)c1C(C)(C)CC(=O)NS(=O)(=O)c1ccc(-n2nc(C(F)(F)F)cc2-c2ccc(C)cc2)cc1. The van der Waals surface area contributed by atoms with Crippen molar-refractivity contribution in [3.05, 3.63) is 94.7 Å². The first-order chi connectivity index (χ1) is 44.5. The first kappa shape index (κ1) is 79.4. The third-order valence-electron chi connectivity index (χ3n) is 17.1. The van der Waals surface area contributed by atoms with E-state index in [2.05, 4.69) is 23.7 Å². The number of aromatic nitrogens is 2. The van der Waals surface area contributed by atoms with Crippen molar-refractivity contribution in [3.8, 4) is 22.7 Å². The lowest BCUT2D eigenvalue weighted by Gasteiger charge is -2.29. The average Bonchev–Trinajstić information content (AvgIpc) is 1.79. The number of carbonyl (C=O) groups excluding carboxylic acids is 5. The summed E-state index contributed by atoms with van der Waals surface area (Å²) in [5.74, 6) is -2.19. The highest BCUT2D eigenvalue weighted by Gasteiger charge is 2.36. The minimum absolute atomic E-state index is 0.128. The summed E-state index contributed by atoms with van der Waals surface area (Å²) >= 11 is 0. The van der Waals surface area contributed by atoms with E-state index in [1.807, 2.05) is 26.8 Å². The Balaban J connectivity index is 1.19. The van der Waals surface area contributed by atoms with E-state index in [1.54, 1.807) is 44.2 Å². The van der Waals surface area contributed by atoms with Crippen molar-refractivity contribution >= 4 is 39.8 Å². The van der Waals surface area contributed by atoms with E-state index in [0.717, 1.165) is 104 Å². The van der Waals surface area contributed by atoms with Gasteiger partial charge in [-0.3, -0.25) is 24.0 Å². The standard InChI is InChI=1S/C75H112F3N3O11S/c1-8-10-12-14-16-18-20-22-24-26-28-32-36-40-69(83)89-56-63(57-90-70(84)41-37-33-29-27-25-23-21-19-17-15-13-11-9-2)91-71(85)42-38-34-30-31-35-39-43-72(86)92-66-53-59(4)52-60(5)73(66)74(6,7)55-68(82)80-93(87,88)64-50-48-62(49-51-64)81-65(54-67(79-81)75(76,77)78)61-46-44-58(3)45-47-61/h44-54,63H,8-43,55-57H2,1-7H3,(H,80,82). The number of esters is 4. The molecule has 0 saturated carbocycles. The predicted molar refractivity (Wildman–Crippen MR) is 363 cm³/mol. The number of ether oxygens (including phenoxy) is 4. The largest absolute Gasteiger partial charge is 0.462 e. The fourth-order valence-corrected chi connectivity index (χ4v) is 12.9. The monoisotopic (exact) mass is 1320 g/mol. The highest BCUT2D eigenvalue weighted by molar-refractivity contribution is 7.90. The van der Waals surface area contributed by atoms with Gasteiger partial charge in [-0.25, -0.2) is 17.8 Å². The minimum atomic E-state index is -4.73. The zero-order chi connectivity index (χ0) is 67.9. The molecule has 93 heavy (non-hydrogen) atoms. The van der Waals surface area contributed by atoms with Crippen LogP contribution in [0.4, 0.5) is 13.2 Å². The van der Waals surface area contributed by atoms with Crippen molar-refractivity contribution in [1.29, 1.82) is 0 Å². The molecule has 1 amide bonds. The van der Waals surface area contributed by atoms with E-state index >= 15 is 0 Å². The highest BCUT2D eigenvalue weighted by atomic mass is 32.2. The molecule has 0 radical (unpaired) electrons. The van der Waals surface area contributed by atoms with Crippen molar-refractivity contribution in [2.75, 3.05) is 13.2 Å². The minimum Gasteiger partial charge on any atom is -0.462 e. The van der Waals surface area contributed by atoms with Crippen LogP contribution < -0.4 is 9.46 Å². The number of unbranched alkanes of at least 4 members (excludes halogenated alkanes) is 29. The van der Waals surface area contributed by atoms with Crippen LogP contribution in [0.5, 0.6) is 5.75 Å². The fourth-order valence-electron chi connectivity index (χ4n) is 11.9. The number of halogens is 3. The molecule has 1 N–H and O–H groups in total. The number of nitrogens with zero attached hydrogens (tertiary/aromatic N) is 2. The van der Waals surface area contributed by atoms with Gasteiger partial charge in [0, 0.05) is 48.6 Å². The molecular weight excluding hydrogens is 1210 g/mol. The van der Waals surface area contributed by atoms with Crippen molar-refractivity contribution in [2.24, 2.45) is 0 Å². The van der Waals surface area contributed by atoms with E-state index in [4.69, 9.17) is 18.9 Å². The van der Waals surface area contributed by atoms with E-state index < -0.39 is 51.3 Å². The Bertz CT molecular complexity index is 2900. The molecule has 4 rings (SSSR count). The van der Waals surface area contributed by atoms with E-state index in [0.29, 0.717) is 24.0 Å². The molecule has 1 heterocycles. The topological polar surface area (TPSA) is 186 Å². The molecule has 0 atom stereocenters. The van der Waals surface area contributed by atoms with Crippen LogP contribution in [0.25, 0.3) is 16.9 Å². The molecule has 0 unspecified atom stereocenters. The molecule has 0 aliphatic carbocycles. The molecule has 1 aromatic heterocycles. The van der Waals surface area contributed by atoms with Crippen molar-refractivity contribution in [2.45, 2.75) is 309 Å². The number of hydrogen-bond acceptors (Lipinski definition) is 12. The maximum atomic E-state index is 13.8. The second-order valence-corrected chi connectivity index (χ2v) is 28.0. The second kappa shape index (κ2) is 43.8. The third kappa shape index (κ3) is 32.3. The molecule has 0 saturated heterocycles. The molecule has 3 aromatic carbocycles. The van der Waals surface area contributed by atoms with Crippen LogP contribution in [-0.4, -0.2) is 67.3 Å². The molecule has 520 valence electrons. The van der Waals surface area contributed by atoms with Crippen molar-refractivity contribution in [1.82, 2.24) is 14.5 Å². The molecule has 0 aliphatic heterocycles. The number of aryl methyl sites for hydroxylation is 3. The molecule has 18 heteroatoms. The van der Waals surface area contributed by atoms with E-state index in [-0.39, 0.29) is 79.3 Å². The molecule has 0 spiro atoms. The van der Waals surface area contributed by atoms with Crippen LogP contribution in [0.1, 0.15) is 293 Å². The van der Waals surface area contributed by atoms with Gasteiger partial charge in [-0.15, -0.1) is 0 Å². The van der Waals surface area contributed by atoms with Crippen LogP contribution in [-0.2, 0) is 59.8 Å². The molecule has 14 nitrogen and oxygen atoms in total. The number of sulfonamides is 1. The Morgan fingerprint density at radius 1 is 0.516 bits per heavy atom. The Hall–Kier alpha value is -6.04. The van der Waals surface area contributed by atoms with Crippen molar-refractivity contribution in [3.63, 3.8) is 0 Å². The Labute approximate surface area is 555 Å². The van der Waals surface area contributed by atoms with Gasteiger partial charge < -0.3 is 18.9 Å². The Morgan fingerprint density at radius 3 is 1.35 bits per heavy atom. The van der Waals surface area contributed by atoms with E-state index in [9.17, 15) is 45.6 Å². The summed E-state index contributed by atoms with van der Waals surface area (Å²) in [5, 5.41) is 3.80. The lowest BCUT2D eigenvalue weighted by Crippen LogP contribution is -2.35. The lowest BCUT2D eigenvalue weighted by molar-refractivity contribution is -0.167. The van der Waals surface area contributed by atoms with Crippen LogP contribution in [0.2, 0.25) is 0 Å². The number of alkyl halides is 3. The maximum Gasteiger partial charge on any atom is 0.435 e. The quantitative estimate of drug-likeness (QED) is 0.0191. The Morgan fingerprint density at radius 2 is 0.925 bits per heavy atom. The predicted octanol–water partition coefficient (Wildman–Crippen LogP) is 19.6. The van der Waals surface area contributed by atoms with Crippen LogP contribution in [0, 0.1) is 20.8 Å². The zero-order valence-corrected chi connectivity index (χ0v) is 58.2. The summed E-state index contributed by atoms with van der Waals surface area (Å²) in [4.78, 5) is 65.3. The number of carbonyl (C=O) groups is 5. The number of rotatable bonds is 50. The summed E-state index contributed by atoms with van der Waals surface area (Å²) < 4.78 is 94.6. The maximum absolute atomic E-state index is 13.8. The highest BCUT2D eigenvalue weighted by Crippen LogP contribution is 2.39. The fraction of sp³-hybridized carbons (Fsp3) is 0.653. The summed E-state index contributed by atoms with van der Waals surface area (Å²) in [7, 11) is -4.44. The zero-order valence-electron chi connectivity index (χ0n) is 57.4. The van der Waals surface area contributed by atoms with Gasteiger partial charge in [0.25, 0.3) is 10.0 Å². The first-order valence-electron chi connectivity index (χ1n) is 35.3. The summed E-state index contributed by atoms with van der Waals surface area (Å²) in [5.41, 5.74) is 1.68. The molecule has 0 bridgehead atoms. The van der Waals surface area contributed by atoms with Gasteiger partial charge in [0.05, 0.1) is 16.3 Å². The van der Waals surface area contributed by atoms with Gasteiger partial charge in [-0.1, -0.05) is 243 Å². The molecule has 0 fully saturated rings. The smallest absolute Gasteiger partial charge is 0.435 e. The molecule has 0 aliphatic rings. The summed E-state index contributed by atoms with van der Waals surface area (Å²) in [6.07, 6.45) is 30.4. The van der Waals surface area contributed by atoms with Gasteiger partial charge in [-0.2, -0.15) is 18.3 Å². The molecule has 4 aromatic rings. The van der Waals surface area contributed by atoms with Gasteiger partial charge in [0.2, 0.25) is 5.91 Å². The van der Waals surface area contributed by atoms with Gasteiger partial charge >= 0.3 is 30.1 Å². The summed E-state index contributed by atoms with van der Waals surface area (Å²) in [6, 6.07) is 16.4.